The fourth-order valence-electron chi connectivity index (χ4n) is 5.50. The molecule has 0 N–H and O–H groups in total. The van der Waals surface area contributed by atoms with Crippen LogP contribution >= 0.6 is 0 Å². The third kappa shape index (κ3) is 10.3. The van der Waals surface area contributed by atoms with Crippen LogP contribution < -0.4 is 0 Å². The van der Waals surface area contributed by atoms with Gasteiger partial charge in [-0.05, 0) is 54.3 Å². The molecule has 5 atom stereocenters. The number of benzene rings is 2. The molecule has 0 aliphatic carbocycles. The van der Waals surface area contributed by atoms with Gasteiger partial charge in [0.05, 0.1) is 0 Å². The highest BCUT2D eigenvalue weighted by Crippen LogP contribution is 2.38. The van der Waals surface area contributed by atoms with E-state index in [9.17, 15) is 19.2 Å². The van der Waals surface area contributed by atoms with Crippen molar-refractivity contribution in [2.24, 2.45) is 0 Å². The summed E-state index contributed by atoms with van der Waals surface area (Å²) in [7, 11) is 0.609. The van der Waals surface area contributed by atoms with Crippen LogP contribution in [0.3, 0.4) is 0 Å². The number of hydrogen-bond donors (Lipinski definition) is 0. The van der Waals surface area contributed by atoms with Crippen LogP contribution in [0, 0.1) is 6.92 Å². The molecule has 254 valence electrons. The minimum absolute atomic E-state index is 0.288. The molecule has 0 amide bonds. The number of rotatable bonds is 14. The molecule has 1 aliphatic heterocycles. The Hall–Kier alpha value is -3.37. The first-order chi connectivity index (χ1) is 22.2. The third-order valence-corrected chi connectivity index (χ3v) is 8.72. The summed E-state index contributed by atoms with van der Waals surface area (Å²) >= 11 is 0. The lowest BCUT2D eigenvalue weighted by atomic mass is 9.83. The van der Waals surface area contributed by atoms with Gasteiger partial charge in [-0.25, -0.2) is 0 Å². The Morgan fingerprint density at radius 2 is 1.34 bits per heavy atom. The summed E-state index contributed by atoms with van der Waals surface area (Å²) in [5, 5.41) is 0. The zero-order valence-electron chi connectivity index (χ0n) is 28.4. The first kappa shape index (κ1) is 38.1. The van der Waals surface area contributed by atoms with Gasteiger partial charge in [0, 0.05) is 33.1 Å². The van der Waals surface area contributed by atoms with Gasteiger partial charge in [0.15, 0.2) is 18.3 Å². The first-order valence-corrected chi connectivity index (χ1v) is 18.1. The fraction of sp³-hybridized carbons (Fsp3) is 0.529. The van der Waals surface area contributed by atoms with Gasteiger partial charge in [-0.15, -0.1) is 0 Å². The van der Waals surface area contributed by atoms with Crippen molar-refractivity contribution >= 4 is 43.4 Å². The molecule has 0 saturated carbocycles. The van der Waals surface area contributed by atoms with Gasteiger partial charge >= 0.3 is 23.9 Å². The molecule has 1 fully saturated rings. The molecule has 47 heavy (non-hydrogen) atoms. The second kappa shape index (κ2) is 17.2. The zero-order valence-corrected chi connectivity index (χ0v) is 30.4. The van der Waals surface area contributed by atoms with Crippen LogP contribution in [0.15, 0.2) is 42.5 Å². The molecule has 2 aromatic carbocycles. The fourth-order valence-corrected chi connectivity index (χ4v) is 6.71. The average Bonchev–Trinajstić information content (AvgIpc) is 2.99. The number of carbonyl (C=O) groups is 4. The van der Waals surface area contributed by atoms with Gasteiger partial charge in [0.2, 0.25) is 19.5 Å². The van der Waals surface area contributed by atoms with E-state index in [2.05, 4.69) is 38.1 Å². The highest BCUT2D eigenvalue weighted by Gasteiger charge is 2.52. The van der Waals surface area contributed by atoms with E-state index >= 15 is 0 Å². The Morgan fingerprint density at radius 1 is 0.787 bits per heavy atom. The predicted molar refractivity (Wildman–Crippen MR) is 174 cm³/mol. The van der Waals surface area contributed by atoms with Gasteiger partial charge in [-0.3, -0.25) is 19.2 Å². The quantitative estimate of drug-likeness (QED) is 0.122. The number of carbonyl (C=O) groups excluding carboxylic acids is 4. The first-order valence-electron chi connectivity index (χ1n) is 15.3. The van der Waals surface area contributed by atoms with Crippen LogP contribution in [-0.2, 0) is 63.6 Å². The van der Waals surface area contributed by atoms with Crippen molar-refractivity contribution in [3.63, 3.8) is 0 Å². The largest absolute Gasteiger partial charge is 0.463 e. The second-order valence-electron chi connectivity index (χ2n) is 11.9. The van der Waals surface area contributed by atoms with E-state index in [1.807, 2.05) is 38.2 Å². The summed E-state index contributed by atoms with van der Waals surface area (Å²) in [6.07, 6.45) is -5.36. The molecule has 11 nitrogen and oxygen atoms in total. The van der Waals surface area contributed by atoms with Crippen LogP contribution in [0.5, 0.6) is 0 Å². The van der Waals surface area contributed by atoms with Crippen LogP contribution in [0.4, 0.5) is 0 Å². The summed E-state index contributed by atoms with van der Waals surface area (Å²) in [5.41, 5.74) is 4.45. The van der Waals surface area contributed by atoms with Crippen LogP contribution in [-0.4, -0.2) is 80.7 Å². The second-order valence-corrected chi connectivity index (χ2v) is 13.2. The lowest BCUT2D eigenvalue weighted by Crippen LogP contribution is -2.59. The molecule has 3 rings (SSSR count). The molecular weight excluding hydrogens is 641 g/mol. The Labute approximate surface area is 281 Å². The molecule has 0 aromatic heterocycles. The Morgan fingerprint density at radius 3 is 1.87 bits per heavy atom. The molecule has 1 saturated heterocycles. The van der Waals surface area contributed by atoms with Crippen molar-refractivity contribution in [1.82, 2.24) is 0 Å². The summed E-state index contributed by atoms with van der Waals surface area (Å²) in [4.78, 5) is 48.3. The van der Waals surface area contributed by atoms with Crippen molar-refractivity contribution in [1.29, 1.82) is 0 Å². The molecule has 0 spiro atoms. The lowest BCUT2D eigenvalue weighted by Gasteiger charge is -2.44. The van der Waals surface area contributed by atoms with Crippen LogP contribution in [0.25, 0.3) is 0 Å². The maximum Gasteiger partial charge on any atom is 0.303 e. The highest BCUT2D eigenvalue weighted by atomic mass is 28.2. The third-order valence-electron chi connectivity index (χ3n) is 7.82. The maximum atomic E-state index is 12.3. The summed E-state index contributed by atoms with van der Waals surface area (Å²) in [6, 6.07) is 14.1. The molecule has 2 aromatic rings. The van der Waals surface area contributed by atoms with Crippen molar-refractivity contribution in [3.8, 4) is 0 Å². The molecule has 0 bridgehead atoms. The minimum atomic E-state index is -1.24. The van der Waals surface area contributed by atoms with E-state index in [1.165, 1.54) is 27.7 Å². The zero-order chi connectivity index (χ0) is 34.9. The van der Waals surface area contributed by atoms with Crippen molar-refractivity contribution in [2.75, 3.05) is 6.61 Å². The van der Waals surface area contributed by atoms with Crippen LogP contribution in [0.2, 0.25) is 13.1 Å². The smallest absolute Gasteiger partial charge is 0.303 e. The van der Waals surface area contributed by atoms with Gasteiger partial charge in [-0.1, -0.05) is 56.3 Å². The van der Waals surface area contributed by atoms with E-state index in [0.717, 1.165) is 22.3 Å². The predicted octanol–water partition coefficient (Wildman–Crippen LogP) is 4.36. The molecule has 13 heteroatoms. The topological polar surface area (TPSA) is 133 Å². The standard InChI is InChI=1S/C34H44O11Si2/c1-19-10-13-25(17-26(19)16-24-11-14-27(15-12-24)34(6,7)33(44-46-8)45-47-9)29-31(41-22(4)37)32(42-23(5)38)30(40-21(3)36)28(43-29)18-39-20(2)35/h10-15,17,28-33H,16,18H2,1-9H3/t28-,29+,30-,31+,32+/m1/s1. The minimum Gasteiger partial charge on any atom is -0.463 e. The van der Waals surface area contributed by atoms with E-state index < -0.39 is 54.4 Å². The Balaban J connectivity index is 2.00. The lowest BCUT2D eigenvalue weighted by molar-refractivity contribution is -0.254. The van der Waals surface area contributed by atoms with Crippen molar-refractivity contribution < 1.29 is 51.7 Å². The van der Waals surface area contributed by atoms with Gasteiger partial charge < -0.3 is 32.5 Å². The molecule has 4 radical (unpaired) electrons. The van der Waals surface area contributed by atoms with E-state index in [-0.39, 0.29) is 18.3 Å². The average molecular weight is 685 g/mol. The Kier molecular flexibility index (Phi) is 13.9. The number of esters is 4. The molecule has 0 unspecified atom stereocenters. The molecule has 1 heterocycles. The number of ether oxygens (including phenoxy) is 5. The van der Waals surface area contributed by atoms with E-state index in [4.69, 9.17) is 32.5 Å². The maximum absolute atomic E-state index is 12.3. The van der Waals surface area contributed by atoms with Gasteiger partial charge in [0.1, 0.15) is 25.1 Å². The molecular formula is C34H44O11Si2. The summed E-state index contributed by atoms with van der Waals surface area (Å²) in [5.74, 6) is -2.57. The van der Waals surface area contributed by atoms with Gasteiger partial charge in [0.25, 0.3) is 0 Å². The van der Waals surface area contributed by atoms with Crippen LogP contribution in [0.1, 0.15) is 75.5 Å². The monoisotopic (exact) mass is 684 g/mol. The SMILES string of the molecule is C[Si]OC(O[Si]C)C(C)(C)c1ccc(Cc2cc([C@@H]3O[C@H](COC(C)=O)[C@@H](OC(C)=O)[C@H](OC(C)=O)[C@H]3OC(C)=O)ccc2C)cc1. The normalized spacial score (nSPS) is 21.2. The summed E-state index contributed by atoms with van der Waals surface area (Å²) < 4.78 is 40.3. The Bertz CT molecular complexity index is 1390. The number of aryl methyl sites for hydroxylation is 1. The molecule has 1 aliphatic rings. The highest BCUT2D eigenvalue weighted by molar-refractivity contribution is 6.26. The van der Waals surface area contributed by atoms with E-state index in [0.29, 0.717) is 31.5 Å². The van der Waals surface area contributed by atoms with Gasteiger partial charge in [-0.2, -0.15) is 0 Å². The summed E-state index contributed by atoms with van der Waals surface area (Å²) in [6.45, 7) is 14.7. The van der Waals surface area contributed by atoms with Crippen molar-refractivity contribution in [2.45, 2.75) is 110 Å². The van der Waals surface area contributed by atoms with E-state index in [1.54, 1.807) is 0 Å². The number of hydrogen-bond acceptors (Lipinski definition) is 11. The van der Waals surface area contributed by atoms with Crippen molar-refractivity contribution in [3.05, 3.63) is 70.3 Å².